The summed E-state index contributed by atoms with van der Waals surface area (Å²) in [6, 6.07) is 7.97. The summed E-state index contributed by atoms with van der Waals surface area (Å²) in [4.78, 5) is 12.8. The number of rotatable bonds is 3. The smallest absolute Gasteiger partial charge is 0.214 e. The maximum Gasteiger partial charge on any atom is 0.214 e. The summed E-state index contributed by atoms with van der Waals surface area (Å²) in [5, 5.41) is 7.45. The summed E-state index contributed by atoms with van der Waals surface area (Å²) < 4.78 is 2.78. The van der Waals surface area contributed by atoms with E-state index in [2.05, 4.69) is 5.10 Å². The summed E-state index contributed by atoms with van der Waals surface area (Å²) in [7, 11) is 0. The molecule has 3 nitrogen and oxygen atoms in total. The van der Waals surface area contributed by atoms with Crippen LogP contribution in [-0.4, -0.2) is 15.6 Å². The molecule has 0 atom stereocenters. The number of benzene rings is 1. The number of carbonyl (C=O) groups is 1. The standard InChI is InChI=1S/C15H13ClN2OS/c1-9(2)18-14(12(16)7-17-18)15(19)11-8-20-13-6-4-3-5-10(11)13/h3-9H,1-2H3. The van der Waals surface area contributed by atoms with Gasteiger partial charge in [0.25, 0.3) is 0 Å². The molecule has 0 radical (unpaired) electrons. The Morgan fingerprint density at radius 3 is 2.85 bits per heavy atom. The van der Waals surface area contributed by atoms with E-state index in [1.54, 1.807) is 16.0 Å². The van der Waals surface area contributed by atoms with Gasteiger partial charge in [0, 0.05) is 27.1 Å². The number of hydrogen-bond acceptors (Lipinski definition) is 3. The lowest BCUT2D eigenvalue weighted by Crippen LogP contribution is -2.13. The highest BCUT2D eigenvalue weighted by molar-refractivity contribution is 7.17. The molecule has 20 heavy (non-hydrogen) atoms. The Bertz CT molecular complexity index is 788. The molecule has 2 aromatic heterocycles. The quantitative estimate of drug-likeness (QED) is 0.665. The molecule has 0 amide bonds. The van der Waals surface area contributed by atoms with Gasteiger partial charge in [-0.3, -0.25) is 9.48 Å². The van der Waals surface area contributed by atoms with Gasteiger partial charge in [-0.05, 0) is 19.9 Å². The largest absolute Gasteiger partial charge is 0.287 e. The second-order valence-corrected chi connectivity index (χ2v) is 6.17. The zero-order valence-electron chi connectivity index (χ0n) is 11.1. The van der Waals surface area contributed by atoms with Crippen LogP contribution >= 0.6 is 22.9 Å². The van der Waals surface area contributed by atoms with E-state index >= 15 is 0 Å². The van der Waals surface area contributed by atoms with Crippen molar-refractivity contribution in [1.82, 2.24) is 9.78 Å². The molecule has 0 aliphatic carbocycles. The average molecular weight is 305 g/mol. The van der Waals surface area contributed by atoms with Crippen LogP contribution in [0.15, 0.2) is 35.8 Å². The minimum atomic E-state index is -0.0707. The highest BCUT2D eigenvalue weighted by Crippen LogP contribution is 2.30. The van der Waals surface area contributed by atoms with Crippen molar-refractivity contribution in [2.45, 2.75) is 19.9 Å². The molecule has 0 unspecified atom stereocenters. The maximum absolute atomic E-state index is 12.8. The summed E-state index contributed by atoms with van der Waals surface area (Å²) in [5.41, 5.74) is 1.15. The van der Waals surface area contributed by atoms with Crippen LogP contribution < -0.4 is 0 Å². The molecule has 2 heterocycles. The number of hydrogen-bond donors (Lipinski definition) is 0. The molecular formula is C15H13ClN2OS. The fraction of sp³-hybridized carbons (Fsp3) is 0.200. The van der Waals surface area contributed by atoms with Gasteiger partial charge < -0.3 is 0 Å². The van der Waals surface area contributed by atoms with Crippen molar-refractivity contribution in [2.24, 2.45) is 0 Å². The van der Waals surface area contributed by atoms with Gasteiger partial charge in [-0.2, -0.15) is 5.10 Å². The van der Waals surface area contributed by atoms with E-state index in [0.29, 0.717) is 16.3 Å². The summed E-state index contributed by atoms with van der Waals surface area (Å²) in [5.74, 6) is -0.0707. The van der Waals surface area contributed by atoms with E-state index in [0.717, 1.165) is 10.1 Å². The SMILES string of the molecule is CC(C)n1ncc(Cl)c1C(=O)c1csc2ccccc12. The van der Waals surface area contributed by atoms with E-state index in [1.807, 2.05) is 43.5 Å². The Kier molecular flexibility index (Phi) is 3.36. The summed E-state index contributed by atoms with van der Waals surface area (Å²) in [6.07, 6.45) is 1.53. The van der Waals surface area contributed by atoms with E-state index in [1.165, 1.54) is 6.20 Å². The van der Waals surface area contributed by atoms with Gasteiger partial charge in [0.05, 0.1) is 11.2 Å². The minimum Gasteiger partial charge on any atom is -0.287 e. The third-order valence-electron chi connectivity index (χ3n) is 3.18. The van der Waals surface area contributed by atoms with Crippen molar-refractivity contribution in [3.8, 4) is 0 Å². The molecule has 0 aliphatic heterocycles. The molecular weight excluding hydrogens is 292 g/mol. The summed E-state index contributed by atoms with van der Waals surface area (Å²) >= 11 is 7.72. The number of nitrogens with zero attached hydrogens (tertiary/aromatic N) is 2. The van der Waals surface area contributed by atoms with Crippen LogP contribution in [0, 0.1) is 0 Å². The monoisotopic (exact) mass is 304 g/mol. The topological polar surface area (TPSA) is 34.9 Å². The molecule has 3 aromatic rings. The van der Waals surface area contributed by atoms with Gasteiger partial charge in [-0.25, -0.2) is 0 Å². The molecule has 0 N–H and O–H groups in total. The van der Waals surface area contributed by atoms with Crippen LogP contribution in [0.3, 0.4) is 0 Å². The normalized spacial score (nSPS) is 11.4. The third-order valence-corrected chi connectivity index (χ3v) is 4.42. The van der Waals surface area contributed by atoms with Crippen molar-refractivity contribution in [3.63, 3.8) is 0 Å². The number of carbonyl (C=O) groups excluding carboxylic acids is 1. The molecule has 0 spiro atoms. The van der Waals surface area contributed by atoms with Crippen LogP contribution in [-0.2, 0) is 0 Å². The lowest BCUT2D eigenvalue weighted by molar-refractivity contribution is 0.102. The lowest BCUT2D eigenvalue weighted by atomic mass is 10.1. The molecule has 102 valence electrons. The highest BCUT2D eigenvalue weighted by atomic mass is 35.5. The number of halogens is 1. The zero-order chi connectivity index (χ0) is 14.3. The van der Waals surface area contributed by atoms with Crippen LogP contribution in [0.2, 0.25) is 5.02 Å². The molecule has 5 heteroatoms. The van der Waals surface area contributed by atoms with Gasteiger partial charge in [0.15, 0.2) is 0 Å². The average Bonchev–Trinajstić information content (AvgIpc) is 3.01. The predicted octanol–water partition coefficient (Wildman–Crippen LogP) is 4.56. The van der Waals surface area contributed by atoms with Gasteiger partial charge in [0.1, 0.15) is 5.69 Å². The summed E-state index contributed by atoms with van der Waals surface area (Å²) in [6.45, 7) is 3.96. The van der Waals surface area contributed by atoms with Crippen LogP contribution in [0.5, 0.6) is 0 Å². The molecule has 0 bridgehead atoms. The first-order valence-corrected chi connectivity index (χ1v) is 7.59. The van der Waals surface area contributed by atoms with Gasteiger partial charge in [-0.1, -0.05) is 29.8 Å². The first-order valence-electron chi connectivity index (χ1n) is 6.33. The number of fused-ring (bicyclic) bond motifs is 1. The number of aromatic nitrogens is 2. The first kappa shape index (κ1) is 13.3. The van der Waals surface area contributed by atoms with E-state index < -0.39 is 0 Å². The second kappa shape index (κ2) is 5.04. The van der Waals surface area contributed by atoms with Gasteiger partial charge in [0.2, 0.25) is 5.78 Å². The minimum absolute atomic E-state index is 0.0707. The molecule has 0 fully saturated rings. The highest BCUT2D eigenvalue weighted by Gasteiger charge is 2.22. The van der Waals surface area contributed by atoms with E-state index in [4.69, 9.17) is 11.6 Å². The maximum atomic E-state index is 12.8. The predicted molar refractivity (Wildman–Crippen MR) is 82.9 cm³/mol. The van der Waals surface area contributed by atoms with Crippen LogP contribution in [0.25, 0.3) is 10.1 Å². The third kappa shape index (κ3) is 2.05. The zero-order valence-corrected chi connectivity index (χ0v) is 12.7. The Hall–Kier alpha value is -1.65. The fourth-order valence-electron chi connectivity index (χ4n) is 2.23. The van der Waals surface area contributed by atoms with Crippen molar-refractivity contribution in [2.75, 3.05) is 0 Å². The molecule has 0 aliphatic rings. The molecule has 0 saturated heterocycles. The second-order valence-electron chi connectivity index (χ2n) is 4.85. The van der Waals surface area contributed by atoms with E-state index in [9.17, 15) is 4.79 Å². The Morgan fingerprint density at radius 2 is 2.10 bits per heavy atom. The van der Waals surface area contributed by atoms with Gasteiger partial charge in [-0.15, -0.1) is 11.3 Å². The van der Waals surface area contributed by atoms with E-state index in [-0.39, 0.29) is 11.8 Å². The van der Waals surface area contributed by atoms with Crippen molar-refractivity contribution in [3.05, 3.63) is 52.1 Å². The van der Waals surface area contributed by atoms with Crippen LogP contribution in [0.1, 0.15) is 35.9 Å². The molecule has 3 rings (SSSR count). The van der Waals surface area contributed by atoms with Crippen LogP contribution in [0.4, 0.5) is 0 Å². The van der Waals surface area contributed by atoms with Crippen molar-refractivity contribution in [1.29, 1.82) is 0 Å². The lowest BCUT2D eigenvalue weighted by Gasteiger charge is -2.10. The van der Waals surface area contributed by atoms with Crippen molar-refractivity contribution < 1.29 is 4.79 Å². The fourth-order valence-corrected chi connectivity index (χ4v) is 3.38. The Labute approximate surface area is 125 Å². The Morgan fingerprint density at radius 1 is 1.35 bits per heavy atom. The number of thiophene rings is 1. The molecule has 0 saturated carbocycles. The van der Waals surface area contributed by atoms with Crippen molar-refractivity contribution >= 4 is 38.8 Å². The Balaban J connectivity index is 2.16. The van der Waals surface area contributed by atoms with Gasteiger partial charge >= 0.3 is 0 Å². The number of ketones is 1. The molecule has 1 aromatic carbocycles. The first-order chi connectivity index (χ1) is 9.59.